The van der Waals surface area contributed by atoms with E-state index in [1.54, 1.807) is 4.57 Å². The number of hydrogen-bond donors (Lipinski definition) is 3. The van der Waals surface area contributed by atoms with E-state index in [4.69, 9.17) is 10.8 Å². The van der Waals surface area contributed by atoms with Crippen molar-refractivity contribution in [1.82, 2.24) is 9.55 Å². The van der Waals surface area contributed by atoms with Gasteiger partial charge in [0.05, 0.1) is 23.7 Å². The molecule has 0 spiro atoms. The molecule has 0 amide bonds. The Morgan fingerprint density at radius 2 is 2.18 bits per heavy atom. The lowest BCUT2D eigenvalue weighted by molar-refractivity contribution is 0.268. The highest BCUT2D eigenvalue weighted by Gasteiger charge is 2.16. The molecule has 1 heterocycles. The molecule has 2 aromatic rings. The van der Waals surface area contributed by atoms with E-state index >= 15 is 0 Å². The molecule has 5 heteroatoms. The Kier molecular flexibility index (Phi) is 3.04. The Morgan fingerprint density at radius 3 is 2.76 bits per heavy atom. The quantitative estimate of drug-likeness (QED) is 0.739. The zero-order chi connectivity index (χ0) is 12.6. The summed E-state index contributed by atoms with van der Waals surface area (Å²) in [6.07, 6.45) is 0. The first-order valence-electron chi connectivity index (χ1n) is 5.65. The summed E-state index contributed by atoms with van der Waals surface area (Å²) in [6, 6.07) is 5.08. The minimum atomic E-state index is -0.473. The number of imidazole rings is 1. The molecule has 0 radical (unpaired) electrons. The lowest BCUT2D eigenvalue weighted by Gasteiger charge is -2.14. The average molecular weight is 235 g/mol. The van der Waals surface area contributed by atoms with Crippen molar-refractivity contribution in [3.05, 3.63) is 34.2 Å². The van der Waals surface area contributed by atoms with Crippen LogP contribution in [0.2, 0.25) is 0 Å². The number of para-hydroxylation sites is 1. The smallest absolute Gasteiger partial charge is 0.326 e. The van der Waals surface area contributed by atoms with E-state index in [1.807, 2.05) is 32.0 Å². The van der Waals surface area contributed by atoms with Crippen molar-refractivity contribution in [2.24, 2.45) is 5.73 Å². The normalized spacial score (nSPS) is 13.5. The van der Waals surface area contributed by atoms with E-state index in [0.29, 0.717) is 0 Å². The number of fused-ring (bicyclic) bond motifs is 1. The van der Waals surface area contributed by atoms with Gasteiger partial charge in [0.1, 0.15) is 0 Å². The van der Waals surface area contributed by atoms with Crippen molar-refractivity contribution >= 4 is 11.0 Å². The van der Waals surface area contributed by atoms with Gasteiger partial charge in [0.2, 0.25) is 0 Å². The largest absolute Gasteiger partial charge is 0.394 e. The van der Waals surface area contributed by atoms with Crippen LogP contribution >= 0.6 is 0 Å². The Balaban J connectivity index is 2.81. The highest BCUT2D eigenvalue weighted by Crippen LogP contribution is 2.23. The van der Waals surface area contributed by atoms with Crippen LogP contribution in [-0.2, 0) is 0 Å². The summed E-state index contributed by atoms with van der Waals surface area (Å²) in [4.78, 5) is 14.6. The van der Waals surface area contributed by atoms with E-state index in [2.05, 4.69) is 4.98 Å². The molecule has 0 saturated heterocycles. The van der Waals surface area contributed by atoms with E-state index in [9.17, 15) is 4.79 Å². The molecule has 0 aliphatic rings. The van der Waals surface area contributed by atoms with Crippen LogP contribution in [0, 0.1) is 0 Å². The minimum absolute atomic E-state index is 0.0447. The van der Waals surface area contributed by atoms with E-state index in [1.165, 1.54) is 0 Å². The third-order valence-corrected chi connectivity index (χ3v) is 2.88. The Labute approximate surface area is 98.9 Å². The number of nitrogens with one attached hydrogen (secondary N) is 1. The fourth-order valence-corrected chi connectivity index (χ4v) is 2.10. The maximum atomic E-state index is 11.8. The molecule has 92 valence electrons. The highest BCUT2D eigenvalue weighted by molar-refractivity contribution is 5.79. The number of aromatic nitrogens is 2. The molecule has 0 aliphatic heterocycles. The Morgan fingerprint density at radius 1 is 1.47 bits per heavy atom. The Bertz CT molecular complexity index is 583. The molecule has 0 fully saturated rings. The van der Waals surface area contributed by atoms with Crippen molar-refractivity contribution in [2.75, 3.05) is 6.61 Å². The number of H-pyrrole nitrogens is 1. The lowest BCUT2D eigenvalue weighted by atomic mass is 10.1. The summed E-state index contributed by atoms with van der Waals surface area (Å²) in [6.45, 7) is 3.74. The first kappa shape index (κ1) is 11.9. The predicted octanol–water partition coefficient (Wildman–Crippen LogP) is 0.903. The van der Waals surface area contributed by atoms with Crippen molar-refractivity contribution in [3.8, 4) is 0 Å². The van der Waals surface area contributed by atoms with Crippen molar-refractivity contribution in [2.45, 2.75) is 25.9 Å². The van der Waals surface area contributed by atoms with Gasteiger partial charge in [0.25, 0.3) is 0 Å². The van der Waals surface area contributed by atoms with Crippen LogP contribution in [-0.4, -0.2) is 21.3 Å². The number of rotatable bonds is 3. The number of nitrogens with two attached hydrogens (primary N) is 1. The van der Waals surface area contributed by atoms with E-state index < -0.39 is 6.04 Å². The molecular formula is C12H17N3O2. The summed E-state index contributed by atoms with van der Waals surface area (Å²) in [5, 5.41) is 9.16. The maximum absolute atomic E-state index is 11.8. The average Bonchev–Trinajstić information content (AvgIpc) is 2.63. The third-order valence-electron chi connectivity index (χ3n) is 2.88. The number of nitrogens with zero attached hydrogens (tertiary/aromatic N) is 1. The number of aliphatic hydroxyl groups excluding tert-OH is 1. The topological polar surface area (TPSA) is 84.0 Å². The maximum Gasteiger partial charge on any atom is 0.326 e. The summed E-state index contributed by atoms with van der Waals surface area (Å²) in [5.41, 5.74) is 8.04. The zero-order valence-corrected chi connectivity index (χ0v) is 9.97. The number of aliphatic hydroxyl groups is 1. The molecule has 17 heavy (non-hydrogen) atoms. The van der Waals surface area contributed by atoms with Gasteiger partial charge in [-0.3, -0.25) is 4.57 Å². The summed E-state index contributed by atoms with van der Waals surface area (Å²) in [7, 11) is 0. The van der Waals surface area contributed by atoms with Crippen molar-refractivity contribution in [3.63, 3.8) is 0 Å². The molecule has 2 rings (SSSR count). The molecule has 0 aliphatic carbocycles. The van der Waals surface area contributed by atoms with Gasteiger partial charge in [-0.05, 0) is 25.5 Å². The van der Waals surface area contributed by atoms with Crippen LogP contribution in [0.4, 0.5) is 0 Å². The predicted molar refractivity (Wildman–Crippen MR) is 67.0 cm³/mol. The van der Waals surface area contributed by atoms with Crippen LogP contribution < -0.4 is 11.4 Å². The minimum Gasteiger partial charge on any atom is -0.394 e. The van der Waals surface area contributed by atoms with Gasteiger partial charge in [0, 0.05) is 6.04 Å². The van der Waals surface area contributed by atoms with Crippen LogP contribution in [0.15, 0.2) is 23.0 Å². The monoisotopic (exact) mass is 235 g/mol. The summed E-state index contributed by atoms with van der Waals surface area (Å²) in [5.74, 6) is 0. The molecular weight excluding hydrogens is 218 g/mol. The van der Waals surface area contributed by atoms with Gasteiger partial charge in [-0.25, -0.2) is 4.79 Å². The molecule has 1 atom stereocenters. The molecule has 1 unspecified atom stereocenters. The van der Waals surface area contributed by atoms with E-state index in [-0.39, 0.29) is 18.3 Å². The molecule has 0 saturated carbocycles. The fourth-order valence-electron chi connectivity index (χ4n) is 2.10. The lowest BCUT2D eigenvalue weighted by Crippen LogP contribution is -2.21. The van der Waals surface area contributed by atoms with Gasteiger partial charge in [0.15, 0.2) is 0 Å². The van der Waals surface area contributed by atoms with Gasteiger partial charge in [-0.1, -0.05) is 12.1 Å². The van der Waals surface area contributed by atoms with Crippen LogP contribution in [0.1, 0.15) is 31.5 Å². The standard InChI is InChI=1S/C12H17N3O2/c1-7(2)15-11-8(9(13)6-16)4-3-5-10(11)14-12(15)17/h3-5,7,9,16H,6,13H2,1-2H3,(H,14,17). The summed E-state index contributed by atoms with van der Waals surface area (Å²) < 4.78 is 1.67. The third kappa shape index (κ3) is 1.87. The Hall–Kier alpha value is -1.59. The van der Waals surface area contributed by atoms with Crippen LogP contribution in [0.5, 0.6) is 0 Å². The number of aromatic amines is 1. The first-order chi connectivity index (χ1) is 8.06. The molecule has 1 aromatic heterocycles. The molecule has 4 N–H and O–H groups in total. The van der Waals surface area contributed by atoms with E-state index in [0.717, 1.165) is 16.6 Å². The molecule has 1 aromatic carbocycles. The molecule has 0 bridgehead atoms. The second kappa shape index (κ2) is 4.35. The van der Waals surface area contributed by atoms with Gasteiger partial charge < -0.3 is 15.8 Å². The first-order valence-corrected chi connectivity index (χ1v) is 5.65. The fraction of sp³-hybridized carbons (Fsp3) is 0.417. The number of benzene rings is 1. The van der Waals surface area contributed by atoms with Crippen LogP contribution in [0.3, 0.4) is 0 Å². The number of hydrogen-bond acceptors (Lipinski definition) is 3. The van der Waals surface area contributed by atoms with Gasteiger partial charge in [-0.2, -0.15) is 0 Å². The van der Waals surface area contributed by atoms with Crippen molar-refractivity contribution in [1.29, 1.82) is 0 Å². The summed E-state index contributed by atoms with van der Waals surface area (Å²) >= 11 is 0. The SMILES string of the molecule is CC(C)n1c(=O)[nH]c2cccc(C(N)CO)c21. The van der Waals surface area contributed by atoms with Gasteiger partial charge in [-0.15, -0.1) is 0 Å². The molecule has 5 nitrogen and oxygen atoms in total. The van der Waals surface area contributed by atoms with Gasteiger partial charge >= 0.3 is 5.69 Å². The highest BCUT2D eigenvalue weighted by atomic mass is 16.3. The van der Waals surface area contributed by atoms with Crippen LogP contribution in [0.25, 0.3) is 11.0 Å². The second-order valence-corrected chi connectivity index (χ2v) is 4.43. The van der Waals surface area contributed by atoms with Crippen molar-refractivity contribution < 1.29 is 5.11 Å². The second-order valence-electron chi connectivity index (χ2n) is 4.43. The zero-order valence-electron chi connectivity index (χ0n) is 9.97.